The van der Waals surface area contributed by atoms with Gasteiger partial charge in [0.2, 0.25) is 0 Å². The second-order valence-electron chi connectivity index (χ2n) is 4.26. The van der Waals surface area contributed by atoms with Crippen LogP contribution < -0.4 is 0 Å². The van der Waals surface area contributed by atoms with Gasteiger partial charge < -0.3 is 9.47 Å². The standard InChI is InChI=1S/C12H20O2/c1-9(2)11-8-10(13-4)6-7-12(11,3)14-5/h6-9,11H,1-5H3/t11-,12?/m0/s1. The Morgan fingerprint density at radius 2 is 2.00 bits per heavy atom. The van der Waals surface area contributed by atoms with Gasteiger partial charge in [-0.25, -0.2) is 0 Å². The van der Waals surface area contributed by atoms with Crippen LogP contribution >= 0.6 is 0 Å². The molecule has 14 heavy (non-hydrogen) atoms. The Kier molecular flexibility index (Phi) is 3.38. The van der Waals surface area contributed by atoms with E-state index in [-0.39, 0.29) is 5.60 Å². The normalized spacial score (nSPS) is 31.9. The zero-order chi connectivity index (χ0) is 10.8. The van der Waals surface area contributed by atoms with Gasteiger partial charge in [-0.3, -0.25) is 0 Å². The molecule has 0 N–H and O–H groups in total. The van der Waals surface area contributed by atoms with Crippen molar-refractivity contribution < 1.29 is 9.47 Å². The predicted octanol–water partition coefficient (Wildman–Crippen LogP) is 2.76. The molecule has 1 aliphatic carbocycles. The summed E-state index contributed by atoms with van der Waals surface area (Å²) in [5.74, 6) is 1.83. The number of allylic oxidation sites excluding steroid dienone is 1. The Hall–Kier alpha value is -0.760. The minimum Gasteiger partial charge on any atom is -0.497 e. The molecule has 0 aromatic carbocycles. The Morgan fingerprint density at radius 1 is 1.36 bits per heavy atom. The Labute approximate surface area is 86.6 Å². The summed E-state index contributed by atoms with van der Waals surface area (Å²) < 4.78 is 10.8. The number of methoxy groups -OCH3 is 2. The molecule has 2 nitrogen and oxygen atoms in total. The number of ether oxygens (including phenoxy) is 2. The lowest BCUT2D eigenvalue weighted by molar-refractivity contribution is -0.00451. The molecule has 1 rings (SSSR count). The largest absolute Gasteiger partial charge is 0.497 e. The first-order valence-corrected chi connectivity index (χ1v) is 5.03. The highest BCUT2D eigenvalue weighted by Crippen LogP contribution is 2.34. The molecule has 0 amide bonds. The van der Waals surface area contributed by atoms with Crippen molar-refractivity contribution in [3.63, 3.8) is 0 Å². The molecule has 0 aromatic rings. The highest BCUT2D eigenvalue weighted by molar-refractivity contribution is 5.26. The summed E-state index contributed by atoms with van der Waals surface area (Å²) in [6, 6.07) is 0. The van der Waals surface area contributed by atoms with Crippen LogP contribution in [0.15, 0.2) is 24.0 Å². The maximum atomic E-state index is 5.56. The first-order valence-electron chi connectivity index (χ1n) is 5.03. The zero-order valence-corrected chi connectivity index (χ0v) is 9.70. The van der Waals surface area contributed by atoms with Crippen LogP contribution in [0.4, 0.5) is 0 Å². The second kappa shape index (κ2) is 4.18. The first kappa shape index (κ1) is 11.3. The van der Waals surface area contributed by atoms with Crippen molar-refractivity contribution in [2.24, 2.45) is 11.8 Å². The van der Waals surface area contributed by atoms with E-state index >= 15 is 0 Å². The first-order chi connectivity index (χ1) is 6.53. The summed E-state index contributed by atoms with van der Waals surface area (Å²) in [5.41, 5.74) is -0.198. The maximum absolute atomic E-state index is 5.56. The molecule has 0 fully saturated rings. The van der Waals surface area contributed by atoms with Crippen molar-refractivity contribution in [2.75, 3.05) is 14.2 Å². The molecule has 2 atom stereocenters. The molecule has 1 unspecified atom stereocenters. The summed E-state index contributed by atoms with van der Waals surface area (Å²) in [5, 5.41) is 0. The third-order valence-electron chi connectivity index (χ3n) is 2.98. The lowest BCUT2D eigenvalue weighted by Crippen LogP contribution is -2.38. The van der Waals surface area contributed by atoms with Crippen molar-refractivity contribution in [1.29, 1.82) is 0 Å². The smallest absolute Gasteiger partial charge is 0.115 e. The summed E-state index contributed by atoms with van der Waals surface area (Å²) in [6.45, 7) is 6.51. The van der Waals surface area contributed by atoms with E-state index in [0.717, 1.165) is 5.76 Å². The van der Waals surface area contributed by atoms with E-state index in [1.54, 1.807) is 14.2 Å². The van der Waals surface area contributed by atoms with Crippen LogP contribution in [0.2, 0.25) is 0 Å². The quantitative estimate of drug-likeness (QED) is 0.691. The van der Waals surface area contributed by atoms with Crippen LogP contribution in [0.25, 0.3) is 0 Å². The van der Waals surface area contributed by atoms with Gasteiger partial charge in [-0.05, 0) is 31.1 Å². The fourth-order valence-corrected chi connectivity index (χ4v) is 1.95. The third kappa shape index (κ3) is 2.01. The predicted molar refractivity (Wildman–Crippen MR) is 58.0 cm³/mol. The van der Waals surface area contributed by atoms with Crippen molar-refractivity contribution in [2.45, 2.75) is 26.4 Å². The zero-order valence-electron chi connectivity index (χ0n) is 9.70. The van der Waals surface area contributed by atoms with Gasteiger partial charge in [0.15, 0.2) is 0 Å². The van der Waals surface area contributed by atoms with Crippen molar-refractivity contribution in [3.8, 4) is 0 Å². The average molecular weight is 196 g/mol. The van der Waals surface area contributed by atoms with Crippen molar-refractivity contribution in [1.82, 2.24) is 0 Å². The molecular weight excluding hydrogens is 176 g/mol. The maximum Gasteiger partial charge on any atom is 0.115 e. The van der Waals surface area contributed by atoms with Gasteiger partial charge in [-0.2, -0.15) is 0 Å². The van der Waals surface area contributed by atoms with E-state index in [1.165, 1.54) is 0 Å². The number of hydrogen-bond acceptors (Lipinski definition) is 2. The lowest BCUT2D eigenvalue weighted by Gasteiger charge is -2.37. The fraction of sp³-hybridized carbons (Fsp3) is 0.667. The fourth-order valence-electron chi connectivity index (χ4n) is 1.95. The number of rotatable bonds is 3. The monoisotopic (exact) mass is 196 g/mol. The lowest BCUT2D eigenvalue weighted by atomic mass is 9.77. The molecule has 80 valence electrons. The van der Waals surface area contributed by atoms with Crippen LogP contribution in [0.3, 0.4) is 0 Å². The van der Waals surface area contributed by atoms with Gasteiger partial charge in [-0.15, -0.1) is 0 Å². The topological polar surface area (TPSA) is 18.5 Å². The van der Waals surface area contributed by atoms with Crippen LogP contribution in [-0.4, -0.2) is 19.8 Å². The van der Waals surface area contributed by atoms with Crippen LogP contribution in [0, 0.1) is 11.8 Å². The van der Waals surface area contributed by atoms with Crippen LogP contribution in [-0.2, 0) is 9.47 Å². The molecule has 0 heterocycles. The van der Waals surface area contributed by atoms with E-state index in [2.05, 4.69) is 32.9 Å². The molecule has 0 aromatic heterocycles. The Bertz CT molecular complexity index is 253. The van der Waals surface area contributed by atoms with Gasteiger partial charge >= 0.3 is 0 Å². The third-order valence-corrected chi connectivity index (χ3v) is 2.98. The molecule has 0 saturated heterocycles. The van der Waals surface area contributed by atoms with E-state index < -0.39 is 0 Å². The van der Waals surface area contributed by atoms with Crippen LogP contribution in [0.5, 0.6) is 0 Å². The summed E-state index contributed by atoms with van der Waals surface area (Å²) >= 11 is 0. The van der Waals surface area contributed by atoms with Gasteiger partial charge in [-0.1, -0.05) is 13.8 Å². The van der Waals surface area contributed by atoms with Gasteiger partial charge in [0, 0.05) is 13.0 Å². The molecular formula is C12H20O2. The molecule has 1 aliphatic rings. The molecule has 0 spiro atoms. The summed E-state index contributed by atoms with van der Waals surface area (Å²) in [4.78, 5) is 0. The Morgan fingerprint density at radius 3 is 2.43 bits per heavy atom. The van der Waals surface area contributed by atoms with Crippen LogP contribution in [0.1, 0.15) is 20.8 Å². The minimum absolute atomic E-state index is 0.198. The van der Waals surface area contributed by atoms with E-state index in [4.69, 9.17) is 9.47 Å². The average Bonchev–Trinajstić information content (AvgIpc) is 2.18. The number of hydrogen-bond donors (Lipinski definition) is 0. The van der Waals surface area contributed by atoms with Gasteiger partial charge in [0.25, 0.3) is 0 Å². The van der Waals surface area contributed by atoms with Gasteiger partial charge in [0.05, 0.1) is 12.7 Å². The van der Waals surface area contributed by atoms with Gasteiger partial charge in [0.1, 0.15) is 5.76 Å². The molecule has 0 saturated carbocycles. The van der Waals surface area contributed by atoms with Crippen molar-refractivity contribution in [3.05, 3.63) is 24.0 Å². The van der Waals surface area contributed by atoms with E-state index in [1.807, 2.05) is 6.08 Å². The Balaban J connectivity index is 2.94. The highest BCUT2D eigenvalue weighted by atomic mass is 16.5. The summed E-state index contributed by atoms with van der Waals surface area (Å²) in [7, 11) is 3.45. The molecule has 0 radical (unpaired) electrons. The minimum atomic E-state index is -0.198. The summed E-state index contributed by atoms with van der Waals surface area (Å²) in [6.07, 6.45) is 6.20. The van der Waals surface area contributed by atoms with E-state index in [0.29, 0.717) is 11.8 Å². The second-order valence-corrected chi connectivity index (χ2v) is 4.26. The molecule has 2 heteroatoms. The molecule has 0 aliphatic heterocycles. The highest BCUT2D eigenvalue weighted by Gasteiger charge is 2.35. The van der Waals surface area contributed by atoms with Crippen molar-refractivity contribution >= 4 is 0 Å². The molecule has 0 bridgehead atoms. The van der Waals surface area contributed by atoms with E-state index in [9.17, 15) is 0 Å². The SMILES string of the molecule is COC1=C[C@@H](C(C)C)C(C)(OC)C=C1.